The van der Waals surface area contributed by atoms with Crippen LogP contribution in [0.5, 0.6) is 0 Å². The predicted molar refractivity (Wildman–Crippen MR) is 91.8 cm³/mol. The van der Waals surface area contributed by atoms with E-state index in [9.17, 15) is 14.7 Å². The Labute approximate surface area is 149 Å². The highest BCUT2D eigenvalue weighted by atomic mass is 16.5. The van der Waals surface area contributed by atoms with Crippen LogP contribution in [0.1, 0.15) is 58.8 Å². The van der Waals surface area contributed by atoms with Crippen molar-refractivity contribution >= 4 is 11.6 Å². The zero-order valence-corrected chi connectivity index (χ0v) is 15.2. The minimum absolute atomic E-state index is 0.0577. The van der Waals surface area contributed by atoms with Crippen LogP contribution >= 0.6 is 0 Å². The molecule has 5 aliphatic rings. The Morgan fingerprint density at radius 1 is 1.16 bits per heavy atom. The van der Waals surface area contributed by atoms with Gasteiger partial charge in [0, 0.05) is 11.8 Å². The van der Waals surface area contributed by atoms with Crippen molar-refractivity contribution in [1.29, 1.82) is 0 Å². The van der Waals surface area contributed by atoms with Gasteiger partial charge in [-0.05, 0) is 67.8 Å². The van der Waals surface area contributed by atoms with Crippen molar-refractivity contribution < 1.29 is 19.4 Å². The number of Topliss-reactive ketones (excluding diaryl/α,β-unsaturated/α-hetero) is 1. The van der Waals surface area contributed by atoms with Crippen LogP contribution in [-0.2, 0) is 14.3 Å². The summed E-state index contributed by atoms with van der Waals surface area (Å²) in [5.41, 5.74) is 0.350. The van der Waals surface area contributed by atoms with E-state index in [-0.39, 0.29) is 34.9 Å². The van der Waals surface area contributed by atoms with Crippen molar-refractivity contribution in [3.63, 3.8) is 0 Å². The highest BCUT2D eigenvalue weighted by molar-refractivity contribution is 5.94. The maximum Gasteiger partial charge on any atom is 0.190 e. The maximum atomic E-state index is 12.5. The Balaban J connectivity index is 1.55. The number of ketones is 2. The summed E-state index contributed by atoms with van der Waals surface area (Å²) in [7, 11) is 0. The molecule has 0 unspecified atom stereocenters. The molecule has 0 aromatic heterocycles. The van der Waals surface area contributed by atoms with E-state index in [0.29, 0.717) is 24.7 Å². The normalized spacial score (nSPS) is 54.4. The van der Waals surface area contributed by atoms with Crippen molar-refractivity contribution in [3.05, 3.63) is 11.6 Å². The first-order chi connectivity index (χ1) is 11.8. The van der Waals surface area contributed by atoms with E-state index in [1.807, 2.05) is 6.08 Å². The molecule has 4 aliphatic carbocycles. The van der Waals surface area contributed by atoms with E-state index in [1.165, 1.54) is 5.57 Å². The molecule has 1 saturated heterocycles. The number of rotatable bonds is 0. The van der Waals surface area contributed by atoms with Crippen molar-refractivity contribution in [2.45, 2.75) is 70.5 Å². The van der Waals surface area contributed by atoms with Gasteiger partial charge in [-0.1, -0.05) is 19.4 Å². The largest absolute Gasteiger partial charge is 0.393 e. The lowest BCUT2D eigenvalue weighted by molar-refractivity contribution is -0.226. The Hall–Kier alpha value is -1.00. The van der Waals surface area contributed by atoms with Crippen LogP contribution in [-0.4, -0.2) is 35.0 Å². The molecular weight excluding hydrogens is 316 g/mol. The van der Waals surface area contributed by atoms with Crippen molar-refractivity contribution in [2.24, 2.45) is 28.6 Å². The molecule has 4 heteroatoms. The van der Waals surface area contributed by atoms with Crippen LogP contribution in [0.4, 0.5) is 0 Å². The molecule has 1 heterocycles. The Kier molecular flexibility index (Phi) is 3.13. The summed E-state index contributed by atoms with van der Waals surface area (Å²) in [5, 5.41) is 11.2. The predicted octanol–water partition coefficient (Wildman–Crippen LogP) is 2.83. The summed E-state index contributed by atoms with van der Waals surface area (Å²) in [6, 6.07) is 0. The number of ether oxygens (including phenoxy) is 1. The highest BCUT2D eigenvalue weighted by Crippen LogP contribution is 2.69. The summed E-state index contributed by atoms with van der Waals surface area (Å²) in [5.74, 6) is 1.58. The summed E-state index contributed by atoms with van der Waals surface area (Å²) in [4.78, 5) is 24.4. The lowest BCUT2D eigenvalue weighted by atomic mass is 9.45. The maximum absolute atomic E-state index is 12.5. The molecule has 0 bridgehead atoms. The number of allylic oxidation sites excluding steroid dienone is 1. The lowest BCUT2D eigenvalue weighted by Gasteiger charge is -2.62. The van der Waals surface area contributed by atoms with Crippen LogP contribution in [0.2, 0.25) is 0 Å². The van der Waals surface area contributed by atoms with Crippen molar-refractivity contribution in [3.8, 4) is 0 Å². The first-order valence-corrected chi connectivity index (χ1v) is 9.91. The monoisotopic (exact) mass is 344 g/mol. The molecule has 5 rings (SSSR count). The molecule has 136 valence electrons. The minimum atomic E-state index is -0.622. The van der Waals surface area contributed by atoms with Gasteiger partial charge in [-0.15, -0.1) is 0 Å². The third-order valence-electron chi connectivity index (χ3n) is 8.92. The molecule has 7 atom stereocenters. The number of aliphatic hydroxyl groups is 1. The molecular formula is C21H28O4. The highest BCUT2D eigenvalue weighted by Gasteiger charge is 2.71. The zero-order chi connectivity index (χ0) is 17.6. The van der Waals surface area contributed by atoms with Gasteiger partial charge in [-0.2, -0.15) is 0 Å². The summed E-state index contributed by atoms with van der Waals surface area (Å²) in [6.07, 6.45) is 7.41. The Morgan fingerprint density at radius 2 is 1.96 bits per heavy atom. The second-order valence-electron chi connectivity index (χ2n) is 9.65. The van der Waals surface area contributed by atoms with Crippen LogP contribution in [0, 0.1) is 28.6 Å². The topological polar surface area (TPSA) is 63.6 Å². The average Bonchev–Trinajstić information content (AvgIpc) is 2.88. The van der Waals surface area contributed by atoms with E-state index in [1.54, 1.807) is 0 Å². The van der Waals surface area contributed by atoms with Crippen LogP contribution in [0.15, 0.2) is 11.6 Å². The van der Waals surface area contributed by atoms with Gasteiger partial charge in [0.15, 0.2) is 11.6 Å². The SMILES string of the molecule is C[C@]12CCC(=O)C=C1CC[C@@H]1[C@@H]2[C@H](O)C[C@@]2(C)[C@H]1CC[C@@]21OCC1=O. The smallest absolute Gasteiger partial charge is 0.190 e. The molecule has 0 radical (unpaired) electrons. The van der Waals surface area contributed by atoms with Gasteiger partial charge in [0.05, 0.1) is 6.10 Å². The van der Waals surface area contributed by atoms with Gasteiger partial charge in [0.1, 0.15) is 12.2 Å². The Bertz CT molecular complexity index is 696. The summed E-state index contributed by atoms with van der Waals surface area (Å²) in [6.45, 7) is 4.71. The molecule has 0 aromatic carbocycles. The fourth-order valence-electron chi connectivity index (χ4n) is 7.68. The van der Waals surface area contributed by atoms with Gasteiger partial charge in [0.2, 0.25) is 0 Å². The third kappa shape index (κ3) is 1.76. The van der Waals surface area contributed by atoms with Gasteiger partial charge >= 0.3 is 0 Å². The minimum Gasteiger partial charge on any atom is -0.393 e. The average molecular weight is 344 g/mol. The van der Waals surface area contributed by atoms with Gasteiger partial charge < -0.3 is 9.84 Å². The van der Waals surface area contributed by atoms with E-state index in [2.05, 4.69) is 13.8 Å². The molecule has 3 saturated carbocycles. The summed E-state index contributed by atoms with van der Waals surface area (Å²) < 4.78 is 5.92. The number of aliphatic hydroxyl groups excluding tert-OH is 1. The third-order valence-corrected chi connectivity index (χ3v) is 8.92. The van der Waals surface area contributed by atoms with Crippen molar-refractivity contribution in [1.82, 2.24) is 0 Å². The molecule has 1 spiro atoms. The molecule has 1 aliphatic heterocycles. The lowest BCUT2D eigenvalue weighted by Crippen LogP contribution is -2.67. The molecule has 0 amide bonds. The first-order valence-electron chi connectivity index (χ1n) is 9.91. The number of carbonyl (C=O) groups excluding carboxylic acids is 2. The van der Waals surface area contributed by atoms with Crippen LogP contribution in [0.25, 0.3) is 0 Å². The number of hydrogen-bond donors (Lipinski definition) is 1. The van der Waals surface area contributed by atoms with E-state index in [4.69, 9.17) is 4.74 Å². The molecule has 1 N–H and O–H groups in total. The first kappa shape index (κ1) is 16.2. The molecule has 4 fully saturated rings. The Morgan fingerprint density at radius 3 is 2.64 bits per heavy atom. The quantitative estimate of drug-likeness (QED) is 0.734. The molecule has 25 heavy (non-hydrogen) atoms. The number of hydrogen-bond acceptors (Lipinski definition) is 4. The molecule has 4 nitrogen and oxygen atoms in total. The second kappa shape index (κ2) is 4.83. The standard InChI is InChI=1S/C21H28O4/c1-19-7-5-13(22)9-12(19)3-4-14-15-6-8-21(17(24)11-25-21)20(15,2)10-16(23)18(14)19/h9,14-16,18,23H,3-8,10-11H2,1-2H3/t14-,15-,16+,18+,19-,20-,21-/m0/s1. The van der Waals surface area contributed by atoms with Gasteiger partial charge in [0.25, 0.3) is 0 Å². The summed E-state index contributed by atoms with van der Waals surface area (Å²) >= 11 is 0. The van der Waals surface area contributed by atoms with Gasteiger partial charge in [-0.3, -0.25) is 9.59 Å². The van der Waals surface area contributed by atoms with Crippen LogP contribution in [0.3, 0.4) is 0 Å². The van der Waals surface area contributed by atoms with E-state index >= 15 is 0 Å². The fraction of sp³-hybridized carbons (Fsp3) is 0.810. The van der Waals surface area contributed by atoms with E-state index in [0.717, 1.165) is 32.1 Å². The zero-order valence-electron chi connectivity index (χ0n) is 15.2. The van der Waals surface area contributed by atoms with E-state index < -0.39 is 11.7 Å². The molecule has 0 aromatic rings. The number of carbonyl (C=O) groups is 2. The number of fused-ring (bicyclic) bond motifs is 6. The fourth-order valence-corrected chi connectivity index (χ4v) is 7.68. The van der Waals surface area contributed by atoms with Gasteiger partial charge in [-0.25, -0.2) is 0 Å². The van der Waals surface area contributed by atoms with Crippen molar-refractivity contribution in [2.75, 3.05) is 6.61 Å². The second-order valence-corrected chi connectivity index (χ2v) is 9.65. The van der Waals surface area contributed by atoms with Crippen LogP contribution < -0.4 is 0 Å².